The van der Waals surface area contributed by atoms with E-state index in [0.29, 0.717) is 48.4 Å². The monoisotopic (exact) mass is 588 g/mol. The lowest BCUT2D eigenvalue weighted by molar-refractivity contribution is -0.143. The first-order valence-corrected chi connectivity index (χ1v) is 13.9. The quantitative estimate of drug-likeness (QED) is 0.297. The van der Waals surface area contributed by atoms with Gasteiger partial charge in [-0.1, -0.05) is 42.5 Å². The summed E-state index contributed by atoms with van der Waals surface area (Å²) >= 11 is 0. The van der Waals surface area contributed by atoms with Crippen LogP contribution in [0.15, 0.2) is 66.7 Å². The molecule has 0 bridgehead atoms. The molecule has 0 radical (unpaired) electrons. The number of nitrogens with one attached hydrogen (secondary N) is 1. The van der Waals surface area contributed by atoms with Gasteiger partial charge in [0.05, 0.1) is 11.1 Å². The number of anilines is 1. The summed E-state index contributed by atoms with van der Waals surface area (Å²) in [5, 5.41) is 2.19. The van der Waals surface area contributed by atoms with E-state index in [2.05, 4.69) is 34.5 Å². The Bertz CT molecular complexity index is 1410. The second-order valence-electron chi connectivity index (χ2n) is 11.0. The Morgan fingerprint density at radius 2 is 1.48 bits per heavy atom. The first-order chi connectivity index (χ1) is 19.9. The van der Waals surface area contributed by atoms with E-state index in [1.54, 1.807) is 6.07 Å². The fourth-order valence-electron chi connectivity index (χ4n) is 6.02. The van der Waals surface area contributed by atoms with Gasteiger partial charge in [-0.3, -0.25) is 9.59 Å². The Hall–Kier alpha value is -3.66. The van der Waals surface area contributed by atoms with E-state index in [-0.39, 0.29) is 23.3 Å². The third kappa shape index (κ3) is 6.69. The van der Waals surface area contributed by atoms with Crippen LogP contribution in [-0.4, -0.2) is 36.2 Å². The van der Waals surface area contributed by atoms with Gasteiger partial charge < -0.3 is 10.2 Å². The van der Waals surface area contributed by atoms with Crippen molar-refractivity contribution >= 4 is 17.4 Å². The SMILES string of the molecule is O=C(Nc1cc(C(F)(F)F)cc(C(F)(F)F)c1)c1cccc2c1CCC(CCN1CCC(c3ccccc3)CC1)C2=O. The zero-order valence-electron chi connectivity index (χ0n) is 22.7. The molecule has 1 saturated heterocycles. The number of likely N-dealkylation sites (tertiary alicyclic amines) is 1. The molecule has 0 aromatic heterocycles. The number of fused-ring (bicyclic) bond motifs is 1. The Labute approximate surface area is 239 Å². The highest BCUT2D eigenvalue weighted by molar-refractivity contribution is 6.09. The fourth-order valence-corrected chi connectivity index (χ4v) is 6.02. The largest absolute Gasteiger partial charge is 0.416 e. The third-order valence-corrected chi connectivity index (χ3v) is 8.30. The van der Waals surface area contributed by atoms with Gasteiger partial charge in [-0.25, -0.2) is 0 Å². The van der Waals surface area contributed by atoms with Gasteiger partial charge in [0.15, 0.2) is 5.78 Å². The fraction of sp³-hybridized carbons (Fsp3) is 0.375. The minimum Gasteiger partial charge on any atom is -0.322 e. The molecule has 0 saturated carbocycles. The summed E-state index contributed by atoms with van der Waals surface area (Å²) in [6.45, 7) is 2.68. The molecule has 10 heteroatoms. The molecule has 1 aliphatic heterocycles. The Balaban J connectivity index is 1.24. The molecule has 1 atom stereocenters. The van der Waals surface area contributed by atoms with E-state index in [9.17, 15) is 35.9 Å². The summed E-state index contributed by atoms with van der Waals surface area (Å²) in [7, 11) is 0. The second-order valence-corrected chi connectivity index (χ2v) is 11.0. The van der Waals surface area contributed by atoms with Crippen molar-refractivity contribution in [3.05, 3.63) is 100 Å². The van der Waals surface area contributed by atoms with E-state index in [1.165, 1.54) is 17.7 Å². The van der Waals surface area contributed by atoms with Crippen molar-refractivity contribution in [3.8, 4) is 0 Å². The standard InChI is InChI=1S/C32H30F6N2O2/c33-31(34,35)23-17-24(32(36,37)38)19-25(18-23)39-30(42)28-8-4-7-27-26(28)10-9-22(29(27)41)13-16-40-14-11-21(12-15-40)20-5-2-1-3-6-20/h1-8,17-19,21-22H,9-16H2,(H,39,42). The molecule has 3 aromatic carbocycles. The maximum Gasteiger partial charge on any atom is 0.416 e. The normalized spacial score (nSPS) is 18.5. The second kappa shape index (κ2) is 11.9. The number of benzene rings is 3. The molecule has 1 unspecified atom stereocenters. The van der Waals surface area contributed by atoms with E-state index in [1.807, 2.05) is 6.07 Å². The molecule has 1 amide bonds. The van der Waals surface area contributed by atoms with Crippen LogP contribution in [0.5, 0.6) is 0 Å². The van der Waals surface area contributed by atoms with Gasteiger partial charge in [0.1, 0.15) is 0 Å². The van der Waals surface area contributed by atoms with Crippen LogP contribution < -0.4 is 5.32 Å². The van der Waals surface area contributed by atoms with Crippen molar-refractivity contribution in [2.75, 3.05) is 25.0 Å². The topological polar surface area (TPSA) is 49.4 Å². The summed E-state index contributed by atoms with van der Waals surface area (Å²) in [5.41, 5.74) is -1.42. The van der Waals surface area contributed by atoms with Crippen LogP contribution in [0.4, 0.5) is 32.0 Å². The van der Waals surface area contributed by atoms with E-state index >= 15 is 0 Å². The first kappa shape index (κ1) is 29.8. The van der Waals surface area contributed by atoms with Crippen molar-refractivity contribution in [1.29, 1.82) is 0 Å². The first-order valence-electron chi connectivity index (χ1n) is 13.9. The molecule has 4 nitrogen and oxygen atoms in total. The third-order valence-electron chi connectivity index (χ3n) is 8.30. The summed E-state index contributed by atoms with van der Waals surface area (Å²) < 4.78 is 79.5. The molecule has 1 heterocycles. The molecule has 222 valence electrons. The highest BCUT2D eigenvalue weighted by atomic mass is 19.4. The van der Waals surface area contributed by atoms with Crippen LogP contribution in [-0.2, 0) is 18.8 Å². The highest BCUT2D eigenvalue weighted by Crippen LogP contribution is 2.38. The highest BCUT2D eigenvalue weighted by Gasteiger charge is 2.37. The van der Waals surface area contributed by atoms with Gasteiger partial charge >= 0.3 is 12.4 Å². The predicted molar refractivity (Wildman–Crippen MR) is 146 cm³/mol. The van der Waals surface area contributed by atoms with E-state index < -0.39 is 35.1 Å². The van der Waals surface area contributed by atoms with E-state index in [4.69, 9.17) is 0 Å². The molecule has 0 spiro atoms. The molecule has 1 aliphatic carbocycles. The number of piperidine rings is 1. The molecular formula is C32H30F6N2O2. The van der Waals surface area contributed by atoms with Gasteiger partial charge in [-0.15, -0.1) is 0 Å². The predicted octanol–water partition coefficient (Wildman–Crippen LogP) is 7.99. The number of rotatable bonds is 6. The van der Waals surface area contributed by atoms with Gasteiger partial charge in [0.2, 0.25) is 0 Å². The number of halogens is 6. The maximum atomic E-state index is 13.4. The van der Waals surface area contributed by atoms with Crippen molar-refractivity contribution in [2.45, 2.75) is 50.4 Å². The lowest BCUT2D eigenvalue weighted by atomic mass is 9.79. The molecule has 5 rings (SSSR count). The van der Waals surface area contributed by atoms with E-state index in [0.717, 1.165) is 32.5 Å². The zero-order chi connectivity index (χ0) is 30.1. The lowest BCUT2D eigenvalue weighted by Gasteiger charge is -2.33. The Kier molecular flexibility index (Phi) is 8.46. The summed E-state index contributed by atoms with van der Waals surface area (Å²) in [4.78, 5) is 28.8. The summed E-state index contributed by atoms with van der Waals surface area (Å²) in [6.07, 6.45) is -6.37. The lowest BCUT2D eigenvalue weighted by Crippen LogP contribution is -2.36. The van der Waals surface area contributed by atoms with Gasteiger partial charge in [0.25, 0.3) is 5.91 Å². The minimum absolute atomic E-state index is 0.00432. The van der Waals surface area contributed by atoms with Gasteiger partial charge in [-0.2, -0.15) is 26.3 Å². The van der Waals surface area contributed by atoms with Crippen LogP contribution in [0.3, 0.4) is 0 Å². The number of ketones is 1. The number of hydrogen-bond donors (Lipinski definition) is 1. The average molecular weight is 589 g/mol. The number of hydrogen-bond acceptors (Lipinski definition) is 3. The number of nitrogens with zero attached hydrogens (tertiary/aromatic N) is 1. The Morgan fingerprint density at radius 3 is 2.10 bits per heavy atom. The number of Topliss-reactive ketones (excluding diaryl/α,β-unsaturated/α-hetero) is 1. The molecule has 1 N–H and O–H groups in total. The van der Waals surface area contributed by atoms with Crippen molar-refractivity contribution in [1.82, 2.24) is 4.90 Å². The molecule has 2 aliphatic rings. The van der Waals surface area contributed by atoms with Crippen LogP contribution in [0, 0.1) is 5.92 Å². The number of alkyl halides is 6. The van der Waals surface area contributed by atoms with Crippen molar-refractivity contribution in [3.63, 3.8) is 0 Å². The molecule has 3 aromatic rings. The molecule has 42 heavy (non-hydrogen) atoms. The van der Waals surface area contributed by atoms with Crippen molar-refractivity contribution in [2.24, 2.45) is 5.92 Å². The smallest absolute Gasteiger partial charge is 0.322 e. The zero-order valence-corrected chi connectivity index (χ0v) is 22.7. The van der Waals surface area contributed by atoms with Crippen LogP contribution >= 0.6 is 0 Å². The van der Waals surface area contributed by atoms with Gasteiger partial charge in [0, 0.05) is 22.7 Å². The number of amides is 1. The van der Waals surface area contributed by atoms with Crippen LogP contribution in [0.25, 0.3) is 0 Å². The van der Waals surface area contributed by atoms with Crippen LogP contribution in [0.2, 0.25) is 0 Å². The average Bonchev–Trinajstić information content (AvgIpc) is 2.96. The van der Waals surface area contributed by atoms with Crippen molar-refractivity contribution < 1.29 is 35.9 Å². The van der Waals surface area contributed by atoms with Crippen LogP contribution in [0.1, 0.15) is 74.6 Å². The summed E-state index contributed by atoms with van der Waals surface area (Å²) in [5.74, 6) is -0.651. The van der Waals surface area contributed by atoms with Gasteiger partial charge in [-0.05, 0) is 93.0 Å². The molecular weight excluding hydrogens is 558 g/mol. The molecule has 1 fully saturated rings. The Morgan fingerprint density at radius 1 is 0.833 bits per heavy atom. The minimum atomic E-state index is -5.04. The number of carbonyl (C=O) groups is 2. The maximum absolute atomic E-state index is 13.4. The number of carbonyl (C=O) groups excluding carboxylic acids is 2. The summed E-state index contributed by atoms with van der Waals surface area (Å²) in [6, 6.07) is 15.9.